The fraction of sp³-hybridized carbons (Fsp3) is 0.111. The van der Waals surface area contributed by atoms with E-state index in [2.05, 4.69) is 27.8 Å². The summed E-state index contributed by atoms with van der Waals surface area (Å²) in [5.74, 6) is 5.47. The molecule has 0 heterocycles. The zero-order chi connectivity index (χ0) is 8.97. The van der Waals surface area contributed by atoms with Gasteiger partial charge >= 0.3 is 0 Å². The molecule has 0 bridgehead atoms. The predicted octanol–water partition coefficient (Wildman–Crippen LogP) is 3.18. The van der Waals surface area contributed by atoms with E-state index in [1.807, 2.05) is 0 Å². The highest BCUT2D eigenvalue weighted by molar-refractivity contribution is 9.10. The molecule has 0 saturated carbocycles. The maximum absolute atomic E-state index is 12.7. The number of benzene rings is 1. The van der Waals surface area contributed by atoms with Gasteiger partial charge in [-0.2, -0.15) is 0 Å². The van der Waals surface area contributed by atoms with Gasteiger partial charge in [0.2, 0.25) is 0 Å². The zero-order valence-electron chi connectivity index (χ0n) is 6.07. The lowest BCUT2D eigenvalue weighted by atomic mass is 10.2. The molecule has 0 atom stereocenters. The largest absolute Gasteiger partial charge is 0.206 e. The fourth-order valence-corrected chi connectivity index (χ4v) is 1.15. The molecule has 12 heavy (non-hydrogen) atoms. The van der Waals surface area contributed by atoms with Crippen LogP contribution in [0, 0.1) is 17.7 Å². The molecule has 0 N–H and O–H groups in total. The minimum atomic E-state index is -0.286. The van der Waals surface area contributed by atoms with Crippen molar-refractivity contribution < 1.29 is 4.39 Å². The van der Waals surface area contributed by atoms with Crippen LogP contribution in [-0.2, 0) is 0 Å². The van der Waals surface area contributed by atoms with E-state index in [1.54, 1.807) is 12.1 Å². The second-order valence-electron chi connectivity index (χ2n) is 2.06. The summed E-state index contributed by atoms with van der Waals surface area (Å²) < 4.78 is 13.1. The zero-order valence-corrected chi connectivity index (χ0v) is 8.41. The van der Waals surface area contributed by atoms with E-state index in [9.17, 15) is 4.39 Å². The summed E-state index contributed by atoms with van der Waals surface area (Å²) in [6.07, 6.45) is 0. The van der Waals surface area contributed by atoms with Gasteiger partial charge in [-0.1, -0.05) is 11.8 Å². The Bertz CT molecular complexity index is 338. The highest BCUT2D eigenvalue weighted by Crippen LogP contribution is 2.15. The molecule has 0 radical (unpaired) electrons. The lowest BCUT2D eigenvalue weighted by molar-refractivity contribution is 0.621. The van der Waals surface area contributed by atoms with Gasteiger partial charge in [-0.25, -0.2) is 4.39 Å². The van der Waals surface area contributed by atoms with Crippen LogP contribution in [-0.4, -0.2) is 5.88 Å². The first kappa shape index (κ1) is 9.57. The van der Waals surface area contributed by atoms with Crippen LogP contribution in [0.3, 0.4) is 0 Å². The van der Waals surface area contributed by atoms with E-state index in [-0.39, 0.29) is 11.7 Å². The number of halogens is 3. The van der Waals surface area contributed by atoms with Gasteiger partial charge in [0.25, 0.3) is 0 Å². The van der Waals surface area contributed by atoms with Crippen LogP contribution < -0.4 is 0 Å². The van der Waals surface area contributed by atoms with Gasteiger partial charge in [0, 0.05) is 5.56 Å². The lowest BCUT2D eigenvalue weighted by Gasteiger charge is -1.93. The van der Waals surface area contributed by atoms with Crippen molar-refractivity contribution >= 4 is 27.5 Å². The van der Waals surface area contributed by atoms with Gasteiger partial charge in [0.05, 0.1) is 10.4 Å². The standard InChI is InChI=1S/C9H5BrClF/c10-8-6-7(2-1-5-11)3-4-9(8)12/h3-4,6H,5H2. The smallest absolute Gasteiger partial charge is 0.137 e. The quantitative estimate of drug-likeness (QED) is 0.488. The highest BCUT2D eigenvalue weighted by atomic mass is 79.9. The Balaban J connectivity index is 2.97. The van der Waals surface area contributed by atoms with Crippen LogP contribution in [0.25, 0.3) is 0 Å². The maximum Gasteiger partial charge on any atom is 0.137 e. The van der Waals surface area contributed by atoms with Crippen molar-refractivity contribution in [1.82, 2.24) is 0 Å². The minimum Gasteiger partial charge on any atom is -0.206 e. The molecule has 1 aromatic carbocycles. The van der Waals surface area contributed by atoms with Crippen LogP contribution in [0.5, 0.6) is 0 Å². The molecule has 3 heteroatoms. The maximum atomic E-state index is 12.7. The van der Waals surface area contributed by atoms with E-state index in [0.29, 0.717) is 4.47 Å². The summed E-state index contributed by atoms with van der Waals surface area (Å²) in [4.78, 5) is 0. The molecular formula is C9H5BrClF. The second-order valence-corrected chi connectivity index (χ2v) is 3.19. The Morgan fingerprint density at radius 1 is 1.50 bits per heavy atom. The molecule has 0 unspecified atom stereocenters. The number of alkyl halides is 1. The summed E-state index contributed by atoms with van der Waals surface area (Å²) in [6, 6.07) is 4.59. The van der Waals surface area contributed by atoms with Crippen molar-refractivity contribution in [2.24, 2.45) is 0 Å². The second kappa shape index (κ2) is 4.49. The number of hydrogen-bond donors (Lipinski definition) is 0. The minimum absolute atomic E-state index is 0.286. The molecular weight excluding hydrogens is 242 g/mol. The summed E-state index contributed by atoms with van der Waals surface area (Å²) in [5.41, 5.74) is 0.754. The molecule has 62 valence electrons. The van der Waals surface area contributed by atoms with Crippen LogP contribution in [0.1, 0.15) is 5.56 Å². The molecule has 0 fully saturated rings. The van der Waals surface area contributed by atoms with E-state index >= 15 is 0 Å². The Labute approximate surface area is 83.9 Å². The first-order valence-electron chi connectivity index (χ1n) is 3.24. The average Bonchev–Trinajstić information content (AvgIpc) is 2.07. The fourth-order valence-electron chi connectivity index (χ4n) is 0.709. The normalized spacial score (nSPS) is 8.92. The molecule has 0 nitrogen and oxygen atoms in total. The highest BCUT2D eigenvalue weighted by Gasteiger charge is 1.97. The van der Waals surface area contributed by atoms with E-state index in [0.717, 1.165) is 5.56 Å². The van der Waals surface area contributed by atoms with Crippen molar-refractivity contribution in [3.05, 3.63) is 34.1 Å². The predicted molar refractivity (Wildman–Crippen MR) is 51.7 cm³/mol. The van der Waals surface area contributed by atoms with Gasteiger partial charge in [-0.05, 0) is 34.1 Å². The molecule has 1 aromatic rings. The Kier molecular flexibility index (Phi) is 3.58. The van der Waals surface area contributed by atoms with Crippen LogP contribution >= 0.6 is 27.5 Å². The van der Waals surface area contributed by atoms with Crippen molar-refractivity contribution in [2.75, 3.05) is 5.88 Å². The van der Waals surface area contributed by atoms with Crippen molar-refractivity contribution in [3.63, 3.8) is 0 Å². The summed E-state index contributed by atoms with van der Waals surface area (Å²) in [7, 11) is 0. The molecule has 0 saturated heterocycles. The molecule has 0 aromatic heterocycles. The Hall–Kier alpha value is -0.520. The molecule has 0 amide bonds. The number of rotatable bonds is 0. The third-order valence-electron chi connectivity index (χ3n) is 1.22. The third-order valence-corrected chi connectivity index (χ3v) is 1.96. The molecule has 1 rings (SSSR count). The van der Waals surface area contributed by atoms with E-state index < -0.39 is 0 Å². The first-order valence-corrected chi connectivity index (χ1v) is 4.56. The van der Waals surface area contributed by atoms with Crippen molar-refractivity contribution in [3.8, 4) is 11.8 Å². The molecule has 0 spiro atoms. The Morgan fingerprint density at radius 2 is 2.25 bits per heavy atom. The first-order chi connectivity index (χ1) is 5.74. The summed E-state index contributed by atoms with van der Waals surface area (Å²) in [6.45, 7) is 0. The topological polar surface area (TPSA) is 0 Å². The van der Waals surface area contributed by atoms with Crippen LogP contribution in [0.2, 0.25) is 0 Å². The third kappa shape index (κ3) is 2.51. The lowest BCUT2D eigenvalue weighted by Crippen LogP contribution is -1.79. The van der Waals surface area contributed by atoms with Gasteiger partial charge < -0.3 is 0 Å². The summed E-state index contributed by atoms with van der Waals surface area (Å²) >= 11 is 8.43. The number of hydrogen-bond acceptors (Lipinski definition) is 0. The van der Waals surface area contributed by atoms with E-state index in [1.165, 1.54) is 6.07 Å². The van der Waals surface area contributed by atoms with E-state index in [4.69, 9.17) is 11.6 Å². The molecule has 0 aliphatic carbocycles. The van der Waals surface area contributed by atoms with Crippen LogP contribution in [0.15, 0.2) is 22.7 Å². The average molecular weight is 247 g/mol. The summed E-state index contributed by atoms with van der Waals surface area (Å²) in [5, 5.41) is 0. The van der Waals surface area contributed by atoms with Gasteiger partial charge in [-0.15, -0.1) is 11.6 Å². The van der Waals surface area contributed by atoms with Crippen molar-refractivity contribution in [2.45, 2.75) is 0 Å². The van der Waals surface area contributed by atoms with Gasteiger partial charge in [0.15, 0.2) is 0 Å². The Morgan fingerprint density at radius 3 is 2.83 bits per heavy atom. The SMILES string of the molecule is Fc1ccc(C#CCCl)cc1Br. The monoisotopic (exact) mass is 246 g/mol. The van der Waals surface area contributed by atoms with Crippen molar-refractivity contribution in [1.29, 1.82) is 0 Å². The van der Waals surface area contributed by atoms with Crippen LogP contribution in [0.4, 0.5) is 4.39 Å². The van der Waals surface area contributed by atoms with Gasteiger partial charge in [0.1, 0.15) is 5.82 Å². The molecule has 0 aliphatic heterocycles. The molecule has 0 aliphatic rings. The van der Waals surface area contributed by atoms with Gasteiger partial charge in [-0.3, -0.25) is 0 Å².